The first-order valence-electron chi connectivity index (χ1n) is 6.32. The highest BCUT2D eigenvalue weighted by molar-refractivity contribution is 7.12. The zero-order chi connectivity index (χ0) is 15.5. The second-order valence-electron chi connectivity index (χ2n) is 4.78. The van der Waals surface area contributed by atoms with Crippen molar-refractivity contribution in [3.8, 4) is 5.75 Å². The van der Waals surface area contributed by atoms with Gasteiger partial charge in [0.25, 0.3) is 5.91 Å². The van der Waals surface area contributed by atoms with Crippen LogP contribution in [0.15, 0.2) is 35.7 Å². The molecule has 1 atom stereocenters. The molecule has 2 rings (SSSR count). The van der Waals surface area contributed by atoms with Gasteiger partial charge in [-0.1, -0.05) is 12.1 Å². The van der Waals surface area contributed by atoms with Gasteiger partial charge in [-0.05, 0) is 36.1 Å². The summed E-state index contributed by atoms with van der Waals surface area (Å²) in [4.78, 5) is 12.5. The number of hydrogen-bond acceptors (Lipinski definition) is 4. The molecular formula is C15H16FNO3S. The van der Waals surface area contributed by atoms with Crippen LogP contribution in [0.25, 0.3) is 0 Å². The highest BCUT2D eigenvalue weighted by Crippen LogP contribution is 2.25. The molecule has 2 aromatic rings. The Bertz CT molecular complexity index is 622. The summed E-state index contributed by atoms with van der Waals surface area (Å²) in [5.74, 6) is -0.190. The van der Waals surface area contributed by atoms with Gasteiger partial charge in [0, 0.05) is 0 Å². The third-order valence-corrected chi connectivity index (χ3v) is 4.01. The van der Waals surface area contributed by atoms with Crippen LogP contribution in [0.2, 0.25) is 0 Å². The molecule has 0 aliphatic heterocycles. The number of aliphatic hydroxyl groups is 1. The molecule has 4 nitrogen and oxygen atoms in total. The quantitative estimate of drug-likeness (QED) is 0.892. The van der Waals surface area contributed by atoms with Crippen LogP contribution in [-0.2, 0) is 5.60 Å². The molecule has 2 N–H and O–H groups in total. The van der Waals surface area contributed by atoms with Crippen molar-refractivity contribution in [3.63, 3.8) is 0 Å². The fraction of sp³-hybridized carbons (Fsp3) is 0.267. The molecule has 0 saturated heterocycles. The van der Waals surface area contributed by atoms with Crippen LogP contribution in [0.5, 0.6) is 5.75 Å². The maximum absolute atomic E-state index is 12.9. The molecule has 1 aromatic carbocycles. The summed E-state index contributed by atoms with van der Waals surface area (Å²) in [7, 11) is 1.49. The minimum absolute atomic E-state index is 0.0124. The van der Waals surface area contributed by atoms with Crippen LogP contribution in [0.4, 0.5) is 4.39 Å². The number of carbonyl (C=O) groups is 1. The van der Waals surface area contributed by atoms with Crippen molar-refractivity contribution in [2.45, 2.75) is 12.5 Å². The van der Waals surface area contributed by atoms with E-state index in [1.807, 2.05) is 0 Å². The van der Waals surface area contributed by atoms with Gasteiger partial charge in [-0.15, -0.1) is 11.3 Å². The van der Waals surface area contributed by atoms with Gasteiger partial charge in [-0.2, -0.15) is 0 Å². The lowest BCUT2D eigenvalue weighted by Crippen LogP contribution is -2.38. The van der Waals surface area contributed by atoms with E-state index in [1.54, 1.807) is 18.4 Å². The van der Waals surface area contributed by atoms with Gasteiger partial charge in [0.2, 0.25) is 0 Å². The molecule has 1 unspecified atom stereocenters. The van der Waals surface area contributed by atoms with E-state index in [-0.39, 0.29) is 18.3 Å². The van der Waals surface area contributed by atoms with E-state index < -0.39 is 5.60 Å². The third kappa shape index (κ3) is 3.59. The van der Waals surface area contributed by atoms with Crippen molar-refractivity contribution in [1.29, 1.82) is 0 Å². The zero-order valence-corrected chi connectivity index (χ0v) is 12.5. The topological polar surface area (TPSA) is 58.6 Å². The molecule has 21 heavy (non-hydrogen) atoms. The van der Waals surface area contributed by atoms with Crippen LogP contribution in [-0.4, -0.2) is 24.7 Å². The van der Waals surface area contributed by atoms with Crippen LogP contribution >= 0.6 is 11.3 Å². The highest BCUT2D eigenvalue weighted by Gasteiger charge is 2.25. The van der Waals surface area contributed by atoms with Crippen LogP contribution in [0.3, 0.4) is 0 Å². The fourth-order valence-corrected chi connectivity index (χ4v) is 2.64. The van der Waals surface area contributed by atoms with Gasteiger partial charge in [-0.3, -0.25) is 4.79 Å². The Hall–Kier alpha value is -1.92. The largest absolute Gasteiger partial charge is 0.495 e. The molecule has 0 fully saturated rings. The van der Waals surface area contributed by atoms with E-state index in [0.717, 1.165) is 0 Å². The molecule has 6 heteroatoms. The predicted molar refractivity (Wildman–Crippen MR) is 79.2 cm³/mol. The second-order valence-corrected chi connectivity index (χ2v) is 5.70. The molecule has 1 heterocycles. The minimum Gasteiger partial charge on any atom is -0.495 e. The summed E-state index contributed by atoms with van der Waals surface area (Å²) in [5, 5.41) is 14.8. The predicted octanol–water partition coefficient (Wildman–Crippen LogP) is 2.53. The Labute approximate surface area is 126 Å². The molecule has 112 valence electrons. The molecule has 0 bridgehead atoms. The third-order valence-electron chi connectivity index (χ3n) is 3.11. The van der Waals surface area contributed by atoms with Crippen LogP contribution < -0.4 is 10.1 Å². The van der Waals surface area contributed by atoms with Crippen LogP contribution in [0, 0.1) is 5.82 Å². The highest BCUT2D eigenvalue weighted by atomic mass is 32.1. The summed E-state index contributed by atoms with van der Waals surface area (Å²) >= 11 is 1.26. The molecule has 0 radical (unpaired) electrons. The monoisotopic (exact) mass is 309 g/mol. The van der Waals surface area contributed by atoms with Crippen molar-refractivity contribution in [2.24, 2.45) is 0 Å². The van der Waals surface area contributed by atoms with Gasteiger partial charge >= 0.3 is 0 Å². The summed E-state index contributed by atoms with van der Waals surface area (Å²) in [5.41, 5.74) is -0.754. The Kier molecular flexibility index (Phi) is 4.59. The summed E-state index contributed by atoms with van der Waals surface area (Å²) in [6, 6.07) is 7.24. The number of methoxy groups -OCH3 is 1. The van der Waals surface area contributed by atoms with E-state index >= 15 is 0 Å². The van der Waals surface area contributed by atoms with E-state index in [9.17, 15) is 14.3 Å². The maximum atomic E-state index is 12.9. The lowest BCUT2D eigenvalue weighted by atomic mass is 9.96. The van der Waals surface area contributed by atoms with Crippen molar-refractivity contribution in [2.75, 3.05) is 13.7 Å². The SMILES string of the molecule is COc1ccsc1C(=O)NCC(C)(O)c1ccc(F)cc1. The number of carbonyl (C=O) groups excluding carboxylic acids is 1. The average Bonchev–Trinajstić information content (AvgIpc) is 2.94. The number of hydrogen-bond donors (Lipinski definition) is 2. The molecule has 0 saturated carbocycles. The summed E-state index contributed by atoms with van der Waals surface area (Å²) < 4.78 is 18.0. The van der Waals surface area contributed by atoms with E-state index in [2.05, 4.69) is 5.32 Å². The van der Waals surface area contributed by atoms with E-state index in [0.29, 0.717) is 16.2 Å². The Morgan fingerprint density at radius 3 is 2.67 bits per heavy atom. The zero-order valence-electron chi connectivity index (χ0n) is 11.7. The van der Waals surface area contributed by atoms with Gasteiger partial charge < -0.3 is 15.2 Å². The standard InChI is InChI=1S/C15H16FNO3S/c1-15(19,10-3-5-11(16)6-4-10)9-17-14(18)13-12(20-2)7-8-21-13/h3-8,19H,9H2,1-2H3,(H,17,18). The average molecular weight is 309 g/mol. The summed E-state index contributed by atoms with van der Waals surface area (Å²) in [6.07, 6.45) is 0. The van der Waals surface area contributed by atoms with Crippen molar-refractivity contribution >= 4 is 17.2 Å². The Morgan fingerprint density at radius 1 is 1.38 bits per heavy atom. The number of amides is 1. The fourth-order valence-electron chi connectivity index (χ4n) is 1.87. The molecule has 0 aliphatic rings. The first kappa shape index (κ1) is 15.5. The smallest absolute Gasteiger partial charge is 0.265 e. The first-order chi connectivity index (χ1) is 9.94. The van der Waals surface area contributed by atoms with Crippen molar-refractivity contribution < 1.29 is 19.0 Å². The number of ether oxygens (including phenoxy) is 1. The molecular weight excluding hydrogens is 293 g/mol. The number of rotatable bonds is 5. The van der Waals surface area contributed by atoms with Gasteiger partial charge in [0.15, 0.2) is 0 Å². The molecule has 1 aromatic heterocycles. The number of halogens is 1. The van der Waals surface area contributed by atoms with E-state index in [1.165, 1.54) is 42.7 Å². The maximum Gasteiger partial charge on any atom is 0.265 e. The number of nitrogens with one attached hydrogen (secondary N) is 1. The van der Waals surface area contributed by atoms with E-state index in [4.69, 9.17) is 4.74 Å². The number of benzene rings is 1. The lowest BCUT2D eigenvalue weighted by molar-refractivity contribution is 0.0526. The van der Waals surface area contributed by atoms with Crippen LogP contribution in [0.1, 0.15) is 22.2 Å². The molecule has 0 aliphatic carbocycles. The Balaban J connectivity index is 2.04. The Morgan fingerprint density at radius 2 is 2.05 bits per heavy atom. The first-order valence-corrected chi connectivity index (χ1v) is 7.20. The molecule has 0 spiro atoms. The van der Waals surface area contributed by atoms with Gasteiger partial charge in [-0.25, -0.2) is 4.39 Å². The van der Waals surface area contributed by atoms with Gasteiger partial charge in [0.1, 0.15) is 22.0 Å². The minimum atomic E-state index is -1.28. The van der Waals surface area contributed by atoms with Gasteiger partial charge in [0.05, 0.1) is 13.7 Å². The lowest BCUT2D eigenvalue weighted by Gasteiger charge is -2.24. The number of thiophene rings is 1. The second kappa shape index (κ2) is 6.24. The molecule has 1 amide bonds. The van der Waals surface area contributed by atoms with Crippen molar-refractivity contribution in [3.05, 3.63) is 52.0 Å². The summed E-state index contributed by atoms with van der Waals surface area (Å²) in [6.45, 7) is 1.57. The normalized spacial score (nSPS) is 13.5. The van der Waals surface area contributed by atoms with Crippen molar-refractivity contribution in [1.82, 2.24) is 5.32 Å².